The lowest BCUT2D eigenvalue weighted by Gasteiger charge is -2.46. The number of rotatable bonds is 4. The van der Waals surface area contributed by atoms with Crippen LogP contribution in [0.25, 0.3) is 0 Å². The van der Waals surface area contributed by atoms with Gasteiger partial charge in [-0.25, -0.2) is 0 Å². The summed E-state index contributed by atoms with van der Waals surface area (Å²) in [6.45, 7) is 9.37. The summed E-state index contributed by atoms with van der Waals surface area (Å²) in [4.78, 5) is 16.5. The van der Waals surface area contributed by atoms with E-state index in [2.05, 4.69) is 37.6 Å². The lowest BCUT2D eigenvalue weighted by atomic mass is 9.98. The normalized spacial score (nSPS) is 21.1. The van der Waals surface area contributed by atoms with Crippen molar-refractivity contribution in [3.05, 3.63) is 0 Å². The molecule has 0 aromatic rings. The smallest absolute Gasteiger partial charge is 0.223 e. The molecule has 0 aromatic carbocycles. The Balaban J connectivity index is 2.48. The Morgan fingerprint density at radius 1 is 1.25 bits per heavy atom. The zero-order valence-corrected chi connectivity index (χ0v) is 11.3. The minimum Gasteiger partial charge on any atom is -0.335 e. The Hall–Kier alpha value is -0.570. The van der Waals surface area contributed by atoms with E-state index in [4.69, 9.17) is 0 Å². The fraction of sp³-hybridized carbons (Fsp3) is 0.923. The van der Waals surface area contributed by atoms with Crippen LogP contribution in [-0.2, 0) is 4.79 Å². The summed E-state index contributed by atoms with van der Waals surface area (Å²) in [7, 11) is 2.13. The first-order valence-corrected chi connectivity index (χ1v) is 6.46. The maximum atomic E-state index is 12.1. The molecule has 0 radical (unpaired) electrons. The number of carbonyl (C=O) groups excluding carboxylic acids is 1. The minimum atomic E-state index is -0.00367. The second kappa shape index (κ2) is 5.67. The van der Waals surface area contributed by atoms with Crippen LogP contribution >= 0.6 is 0 Å². The number of nitrogens with zero attached hydrogens (tertiary/aromatic N) is 2. The van der Waals surface area contributed by atoms with E-state index in [9.17, 15) is 4.79 Å². The van der Waals surface area contributed by atoms with Gasteiger partial charge in [-0.15, -0.1) is 0 Å². The first-order chi connectivity index (χ1) is 7.47. The summed E-state index contributed by atoms with van der Waals surface area (Å²) >= 11 is 0. The molecule has 1 aliphatic heterocycles. The van der Waals surface area contributed by atoms with Crippen LogP contribution in [0.4, 0.5) is 0 Å². The van der Waals surface area contributed by atoms with Crippen molar-refractivity contribution in [2.24, 2.45) is 0 Å². The second-order valence-electron chi connectivity index (χ2n) is 5.55. The van der Waals surface area contributed by atoms with Crippen molar-refractivity contribution < 1.29 is 4.79 Å². The zero-order chi connectivity index (χ0) is 12.2. The van der Waals surface area contributed by atoms with Crippen molar-refractivity contribution in [1.82, 2.24) is 9.80 Å². The van der Waals surface area contributed by atoms with Gasteiger partial charge in [-0.2, -0.15) is 0 Å². The van der Waals surface area contributed by atoms with E-state index in [0.717, 1.165) is 32.5 Å². The Kier molecular flexibility index (Phi) is 4.78. The summed E-state index contributed by atoms with van der Waals surface area (Å²) in [6.07, 6.45) is 4.11. The van der Waals surface area contributed by atoms with Crippen molar-refractivity contribution in [1.29, 1.82) is 0 Å². The molecule has 94 valence electrons. The predicted molar refractivity (Wildman–Crippen MR) is 67.4 cm³/mol. The van der Waals surface area contributed by atoms with Crippen LogP contribution in [0.1, 0.15) is 46.5 Å². The topological polar surface area (TPSA) is 23.6 Å². The van der Waals surface area contributed by atoms with Gasteiger partial charge in [0.05, 0.1) is 0 Å². The summed E-state index contributed by atoms with van der Waals surface area (Å²) in [6, 6.07) is 0. The molecule has 0 aromatic heterocycles. The fourth-order valence-corrected chi connectivity index (χ4v) is 2.52. The molecular weight excluding hydrogens is 200 g/mol. The molecule has 16 heavy (non-hydrogen) atoms. The van der Waals surface area contributed by atoms with Gasteiger partial charge in [0, 0.05) is 31.6 Å². The van der Waals surface area contributed by atoms with E-state index >= 15 is 0 Å². The van der Waals surface area contributed by atoms with E-state index in [-0.39, 0.29) is 5.54 Å². The van der Waals surface area contributed by atoms with Crippen molar-refractivity contribution in [2.75, 3.05) is 26.7 Å². The van der Waals surface area contributed by atoms with Crippen LogP contribution in [0.15, 0.2) is 0 Å². The van der Waals surface area contributed by atoms with E-state index < -0.39 is 0 Å². The van der Waals surface area contributed by atoms with Crippen molar-refractivity contribution in [3.8, 4) is 0 Å². The number of hydrogen-bond donors (Lipinski definition) is 0. The van der Waals surface area contributed by atoms with Crippen molar-refractivity contribution >= 4 is 5.91 Å². The summed E-state index contributed by atoms with van der Waals surface area (Å²) in [5.74, 6) is 0.339. The first kappa shape index (κ1) is 13.5. The number of hydrogen-bond acceptors (Lipinski definition) is 2. The molecular formula is C13H26N2O. The molecule has 1 heterocycles. The number of piperazine rings is 1. The predicted octanol–water partition coefficient (Wildman–Crippen LogP) is 2.12. The Labute approximate surface area is 99.8 Å². The Morgan fingerprint density at radius 2 is 1.94 bits per heavy atom. The molecule has 1 saturated heterocycles. The lowest BCUT2D eigenvalue weighted by molar-refractivity contribution is -0.140. The molecule has 3 heteroatoms. The molecule has 0 bridgehead atoms. The number of unbranched alkanes of at least 4 members (excludes halogenated alkanes) is 2. The fourth-order valence-electron chi connectivity index (χ4n) is 2.52. The third-order valence-corrected chi connectivity index (χ3v) is 3.39. The molecule has 1 rings (SSSR count). The summed E-state index contributed by atoms with van der Waals surface area (Å²) < 4.78 is 0. The number of amides is 1. The van der Waals surface area contributed by atoms with Crippen LogP contribution < -0.4 is 0 Å². The standard InChI is InChI=1S/C13H26N2O/c1-5-6-7-8-12(16)15-10-9-14(4)11-13(15,2)3/h5-11H2,1-4H3. The van der Waals surface area contributed by atoms with Crippen molar-refractivity contribution in [3.63, 3.8) is 0 Å². The molecule has 1 amide bonds. The summed E-state index contributed by atoms with van der Waals surface area (Å²) in [5.41, 5.74) is -0.00367. The average Bonchev–Trinajstić information content (AvgIpc) is 2.16. The highest BCUT2D eigenvalue weighted by Gasteiger charge is 2.34. The molecule has 0 atom stereocenters. The van der Waals surface area contributed by atoms with Gasteiger partial charge in [0.1, 0.15) is 0 Å². The van der Waals surface area contributed by atoms with Gasteiger partial charge < -0.3 is 9.80 Å². The van der Waals surface area contributed by atoms with Gasteiger partial charge in [0.25, 0.3) is 0 Å². The third-order valence-electron chi connectivity index (χ3n) is 3.39. The molecule has 0 saturated carbocycles. The Bertz CT molecular complexity index is 238. The van der Waals surface area contributed by atoms with Gasteiger partial charge in [-0.1, -0.05) is 19.8 Å². The first-order valence-electron chi connectivity index (χ1n) is 6.46. The average molecular weight is 226 g/mol. The SMILES string of the molecule is CCCCCC(=O)N1CCN(C)CC1(C)C. The summed E-state index contributed by atoms with van der Waals surface area (Å²) in [5, 5.41) is 0. The van der Waals surface area contributed by atoms with E-state index in [1.807, 2.05) is 0 Å². The quantitative estimate of drug-likeness (QED) is 0.686. The van der Waals surface area contributed by atoms with E-state index in [1.54, 1.807) is 0 Å². The highest BCUT2D eigenvalue weighted by molar-refractivity contribution is 5.77. The van der Waals surface area contributed by atoms with Crippen LogP contribution in [0, 0.1) is 0 Å². The molecule has 0 aliphatic carbocycles. The largest absolute Gasteiger partial charge is 0.335 e. The number of carbonyl (C=O) groups is 1. The highest BCUT2D eigenvalue weighted by Crippen LogP contribution is 2.21. The van der Waals surface area contributed by atoms with E-state index in [0.29, 0.717) is 5.91 Å². The van der Waals surface area contributed by atoms with Gasteiger partial charge in [-0.05, 0) is 27.3 Å². The maximum Gasteiger partial charge on any atom is 0.223 e. The monoisotopic (exact) mass is 226 g/mol. The zero-order valence-electron chi connectivity index (χ0n) is 11.3. The highest BCUT2D eigenvalue weighted by atomic mass is 16.2. The van der Waals surface area contributed by atoms with Crippen LogP contribution in [0.3, 0.4) is 0 Å². The molecule has 0 spiro atoms. The van der Waals surface area contributed by atoms with Gasteiger partial charge in [-0.3, -0.25) is 4.79 Å². The number of likely N-dealkylation sites (N-methyl/N-ethyl adjacent to an activating group) is 1. The molecule has 1 aliphatic rings. The molecule has 1 fully saturated rings. The van der Waals surface area contributed by atoms with Crippen LogP contribution in [0.5, 0.6) is 0 Å². The lowest BCUT2D eigenvalue weighted by Crippen LogP contribution is -2.60. The van der Waals surface area contributed by atoms with Gasteiger partial charge >= 0.3 is 0 Å². The van der Waals surface area contributed by atoms with Crippen LogP contribution in [0.2, 0.25) is 0 Å². The molecule has 3 nitrogen and oxygen atoms in total. The van der Waals surface area contributed by atoms with E-state index in [1.165, 1.54) is 12.8 Å². The van der Waals surface area contributed by atoms with Gasteiger partial charge in [0.2, 0.25) is 5.91 Å². The Morgan fingerprint density at radius 3 is 2.50 bits per heavy atom. The minimum absolute atomic E-state index is 0.00367. The maximum absolute atomic E-state index is 12.1. The molecule has 0 N–H and O–H groups in total. The van der Waals surface area contributed by atoms with Gasteiger partial charge in [0.15, 0.2) is 0 Å². The third kappa shape index (κ3) is 3.48. The van der Waals surface area contributed by atoms with Crippen LogP contribution in [-0.4, -0.2) is 47.9 Å². The van der Waals surface area contributed by atoms with Crippen molar-refractivity contribution in [2.45, 2.75) is 52.0 Å². The second-order valence-corrected chi connectivity index (χ2v) is 5.55. The molecule has 0 unspecified atom stereocenters.